The SMILES string of the molecule is CS(=O)(=O)Oc1ccc2c(Br)ccc(N)c2c1. The van der Waals surface area contributed by atoms with Crippen LogP contribution in [0.25, 0.3) is 10.8 Å². The van der Waals surface area contributed by atoms with Crippen molar-refractivity contribution in [2.24, 2.45) is 0 Å². The van der Waals surface area contributed by atoms with Gasteiger partial charge in [-0.15, -0.1) is 0 Å². The number of hydrogen-bond acceptors (Lipinski definition) is 4. The zero-order chi connectivity index (χ0) is 12.6. The van der Waals surface area contributed by atoms with Gasteiger partial charge in [-0.1, -0.05) is 15.9 Å². The first kappa shape index (κ1) is 12.2. The summed E-state index contributed by atoms with van der Waals surface area (Å²) in [4.78, 5) is 0. The predicted molar refractivity (Wildman–Crippen MR) is 71.5 cm³/mol. The summed E-state index contributed by atoms with van der Waals surface area (Å²) >= 11 is 3.40. The Morgan fingerprint density at radius 3 is 2.53 bits per heavy atom. The molecule has 0 atom stereocenters. The molecule has 0 amide bonds. The highest BCUT2D eigenvalue weighted by molar-refractivity contribution is 9.10. The van der Waals surface area contributed by atoms with Crippen LogP contribution in [-0.2, 0) is 10.1 Å². The third kappa shape index (κ3) is 2.70. The fourth-order valence-corrected chi connectivity index (χ4v) is 2.47. The second kappa shape index (κ2) is 4.19. The van der Waals surface area contributed by atoms with E-state index >= 15 is 0 Å². The third-order valence-electron chi connectivity index (χ3n) is 2.22. The van der Waals surface area contributed by atoms with Gasteiger partial charge in [-0.2, -0.15) is 8.42 Å². The Labute approximate surface area is 108 Å². The van der Waals surface area contributed by atoms with Crippen LogP contribution in [-0.4, -0.2) is 14.7 Å². The predicted octanol–water partition coefficient (Wildman–Crippen LogP) is 2.52. The number of benzene rings is 2. The average molecular weight is 316 g/mol. The van der Waals surface area contributed by atoms with Gasteiger partial charge in [0.2, 0.25) is 0 Å². The molecule has 4 nitrogen and oxygen atoms in total. The molecule has 0 unspecified atom stereocenters. The normalized spacial score (nSPS) is 11.6. The van der Waals surface area contributed by atoms with Crippen molar-refractivity contribution in [2.75, 3.05) is 12.0 Å². The van der Waals surface area contributed by atoms with Crippen molar-refractivity contribution >= 4 is 42.5 Å². The van der Waals surface area contributed by atoms with Crippen LogP contribution in [0.3, 0.4) is 0 Å². The van der Waals surface area contributed by atoms with Crippen LogP contribution in [0.2, 0.25) is 0 Å². The molecule has 2 aromatic carbocycles. The molecule has 0 heterocycles. The maximum atomic E-state index is 11.0. The highest BCUT2D eigenvalue weighted by Crippen LogP contribution is 2.31. The standard InChI is InChI=1S/C11H10BrNO3S/c1-17(14,15)16-7-2-3-8-9(6-7)11(13)5-4-10(8)12/h2-6H,13H2,1H3. The molecule has 6 heteroatoms. The van der Waals surface area contributed by atoms with Crippen LogP contribution in [0.15, 0.2) is 34.8 Å². The van der Waals surface area contributed by atoms with E-state index in [0.717, 1.165) is 21.5 Å². The van der Waals surface area contributed by atoms with Crippen molar-refractivity contribution in [1.29, 1.82) is 0 Å². The Morgan fingerprint density at radius 2 is 1.88 bits per heavy atom. The molecule has 17 heavy (non-hydrogen) atoms. The summed E-state index contributed by atoms with van der Waals surface area (Å²) in [5.74, 6) is 0.254. The first-order valence-electron chi connectivity index (χ1n) is 4.74. The fraction of sp³-hybridized carbons (Fsp3) is 0.0909. The topological polar surface area (TPSA) is 69.4 Å². The molecule has 2 N–H and O–H groups in total. The molecular weight excluding hydrogens is 306 g/mol. The number of anilines is 1. The molecule has 0 aliphatic carbocycles. The largest absolute Gasteiger partial charge is 0.398 e. The van der Waals surface area contributed by atoms with Gasteiger partial charge in [-0.25, -0.2) is 0 Å². The Morgan fingerprint density at radius 1 is 1.18 bits per heavy atom. The lowest BCUT2D eigenvalue weighted by Crippen LogP contribution is -2.05. The number of fused-ring (bicyclic) bond motifs is 1. The molecule has 0 radical (unpaired) electrons. The second-order valence-corrected chi connectivity index (χ2v) is 6.06. The lowest BCUT2D eigenvalue weighted by atomic mass is 10.1. The molecule has 2 rings (SSSR count). The maximum absolute atomic E-state index is 11.0. The van der Waals surface area contributed by atoms with Crippen molar-refractivity contribution in [2.45, 2.75) is 0 Å². The number of nitrogens with two attached hydrogens (primary N) is 1. The molecule has 0 saturated heterocycles. The molecule has 90 valence electrons. The summed E-state index contributed by atoms with van der Waals surface area (Å²) < 4.78 is 27.8. The van der Waals surface area contributed by atoms with E-state index in [2.05, 4.69) is 15.9 Å². The lowest BCUT2D eigenvalue weighted by Gasteiger charge is -2.07. The zero-order valence-electron chi connectivity index (χ0n) is 8.98. The van der Waals surface area contributed by atoms with Gasteiger partial charge in [0.1, 0.15) is 5.75 Å². The summed E-state index contributed by atoms with van der Waals surface area (Å²) in [5, 5.41) is 1.66. The molecule has 0 saturated carbocycles. The minimum Gasteiger partial charge on any atom is -0.398 e. The van der Waals surface area contributed by atoms with Gasteiger partial charge in [0.15, 0.2) is 0 Å². The van der Waals surface area contributed by atoms with Crippen LogP contribution < -0.4 is 9.92 Å². The fourth-order valence-electron chi connectivity index (χ4n) is 1.54. The summed E-state index contributed by atoms with van der Waals surface area (Å²) in [6.45, 7) is 0. The van der Waals surface area contributed by atoms with Gasteiger partial charge in [0, 0.05) is 15.5 Å². The van der Waals surface area contributed by atoms with Crippen LogP contribution in [0.4, 0.5) is 5.69 Å². The Balaban J connectivity index is 2.62. The summed E-state index contributed by atoms with van der Waals surface area (Å²) in [6, 6.07) is 8.55. The summed E-state index contributed by atoms with van der Waals surface area (Å²) in [7, 11) is -3.52. The van der Waals surface area contributed by atoms with Crippen LogP contribution in [0, 0.1) is 0 Å². The molecule has 0 spiro atoms. The molecule has 0 bridgehead atoms. The molecule has 2 aromatic rings. The number of halogens is 1. The van der Waals surface area contributed by atoms with E-state index in [1.165, 1.54) is 0 Å². The van der Waals surface area contributed by atoms with Gasteiger partial charge >= 0.3 is 10.1 Å². The van der Waals surface area contributed by atoms with E-state index < -0.39 is 10.1 Å². The van der Waals surface area contributed by atoms with Crippen LogP contribution in [0.5, 0.6) is 5.75 Å². The van der Waals surface area contributed by atoms with Gasteiger partial charge in [-0.3, -0.25) is 0 Å². The summed E-state index contributed by atoms with van der Waals surface area (Å²) in [5.41, 5.74) is 6.40. The second-order valence-electron chi connectivity index (χ2n) is 3.63. The van der Waals surface area contributed by atoms with Crippen molar-refractivity contribution in [3.8, 4) is 5.75 Å². The van der Waals surface area contributed by atoms with Crippen molar-refractivity contribution in [3.63, 3.8) is 0 Å². The van der Waals surface area contributed by atoms with Crippen LogP contribution in [0.1, 0.15) is 0 Å². The monoisotopic (exact) mass is 315 g/mol. The maximum Gasteiger partial charge on any atom is 0.306 e. The molecule has 0 fully saturated rings. The van der Waals surface area contributed by atoms with Gasteiger partial charge in [-0.05, 0) is 35.7 Å². The van der Waals surface area contributed by atoms with E-state index in [9.17, 15) is 8.42 Å². The van der Waals surface area contributed by atoms with Crippen molar-refractivity contribution in [3.05, 3.63) is 34.8 Å². The quantitative estimate of drug-likeness (QED) is 0.683. The molecule has 0 aliphatic heterocycles. The molecule has 0 aliphatic rings. The lowest BCUT2D eigenvalue weighted by molar-refractivity contribution is 0.493. The van der Waals surface area contributed by atoms with Crippen molar-refractivity contribution < 1.29 is 12.6 Å². The van der Waals surface area contributed by atoms with Gasteiger partial charge in [0.05, 0.1) is 6.26 Å². The third-order valence-corrected chi connectivity index (χ3v) is 3.40. The van der Waals surface area contributed by atoms with Gasteiger partial charge < -0.3 is 9.92 Å². The van der Waals surface area contributed by atoms with Gasteiger partial charge in [0.25, 0.3) is 0 Å². The van der Waals surface area contributed by atoms with E-state index in [0.29, 0.717) is 5.69 Å². The van der Waals surface area contributed by atoms with E-state index in [-0.39, 0.29) is 5.75 Å². The first-order chi connectivity index (χ1) is 7.87. The highest BCUT2D eigenvalue weighted by Gasteiger charge is 2.08. The first-order valence-corrected chi connectivity index (χ1v) is 7.35. The summed E-state index contributed by atoms with van der Waals surface area (Å²) in [6.07, 6.45) is 1.00. The number of nitrogen functional groups attached to an aromatic ring is 1. The minimum absolute atomic E-state index is 0.254. The van der Waals surface area contributed by atoms with E-state index in [1.54, 1.807) is 24.3 Å². The zero-order valence-corrected chi connectivity index (χ0v) is 11.4. The van der Waals surface area contributed by atoms with E-state index in [4.69, 9.17) is 9.92 Å². The van der Waals surface area contributed by atoms with E-state index in [1.807, 2.05) is 6.07 Å². The molecular formula is C11H10BrNO3S. The average Bonchev–Trinajstić information content (AvgIpc) is 2.21. The van der Waals surface area contributed by atoms with Crippen molar-refractivity contribution in [1.82, 2.24) is 0 Å². The molecule has 0 aromatic heterocycles. The Bertz CT molecular complexity index is 682. The smallest absolute Gasteiger partial charge is 0.306 e. The Hall–Kier alpha value is -1.27. The minimum atomic E-state index is -3.52. The number of hydrogen-bond donors (Lipinski definition) is 1. The Kier molecular flexibility index (Phi) is 3.01. The number of rotatable bonds is 2. The highest BCUT2D eigenvalue weighted by atomic mass is 79.9. The van der Waals surface area contributed by atoms with Crippen LogP contribution >= 0.6 is 15.9 Å².